The minimum atomic E-state index is -4.44. The molecule has 3 heterocycles. The molecule has 1 aromatic carbocycles. The number of thioether (sulfide) groups is 1. The van der Waals surface area contributed by atoms with Crippen LogP contribution in [0, 0.1) is 0 Å². The normalized spacial score (nSPS) is 20.1. The number of thiazole rings is 1. The van der Waals surface area contributed by atoms with Crippen molar-refractivity contribution in [3.8, 4) is 0 Å². The van der Waals surface area contributed by atoms with Gasteiger partial charge in [0.15, 0.2) is 10.4 Å². The first-order valence-electron chi connectivity index (χ1n) is 8.11. The third-order valence-corrected chi connectivity index (χ3v) is 6.47. The van der Waals surface area contributed by atoms with Crippen LogP contribution in [-0.4, -0.2) is 43.6 Å². The van der Waals surface area contributed by atoms with Gasteiger partial charge >= 0.3 is 6.18 Å². The summed E-state index contributed by atoms with van der Waals surface area (Å²) in [4.78, 5) is 22.4. The predicted molar refractivity (Wildman–Crippen MR) is 97.0 cm³/mol. The largest absolute Gasteiger partial charge is 0.411 e. The highest BCUT2D eigenvalue weighted by atomic mass is 32.2. The molecule has 2 atom stereocenters. The highest BCUT2D eigenvalue weighted by Gasteiger charge is 2.48. The van der Waals surface area contributed by atoms with Crippen molar-refractivity contribution in [1.82, 2.24) is 19.7 Å². The van der Waals surface area contributed by atoms with Gasteiger partial charge < -0.3 is 0 Å². The molecule has 0 N–H and O–H groups in total. The lowest BCUT2D eigenvalue weighted by atomic mass is 10.0. The van der Waals surface area contributed by atoms with E-state index in [0.717, 1.165) is 25.6 Å². The molecule has 27 heavy (non-hydrogen) atoms. The Balaban J connectivity index is 1.53. The number of aromatic nitrogens is 4. The molecule has 0 fully saturated rings. The van der Waals surface area contributed by atoms with Crippen molar-refractivity contribution in [2.24, 2.45) is 0 Å². The van der Waals surface area contributed by atoms with E-state index in [2.05, 4.69) is 15.1 Å². The molecule has 0 bridgehead atoms. The first-order valence-corrected chi connectivity index (χ1v) is 9.91. The molecule has 0 saturated carbocycles. The fourth-order valence-corrected chi connectivity index (χ4v) is 5.02. The van der Waals surface area contributed by atoms with Gasteiger partial charge in [0.05, 0.1) is 16.0 Å². The maximum Gasteiger partial charge on any atom is 0.411 e. The number of benzene rings is 1. The van der Waals surface area contributed by atoms with Crippen LogP contribution in [0.25, 0.3) is 10.2 Å². The second-order valence-electron chi connectivity index (χ2n) is 6.15. The molecule has 0 aliphatic carbocycles. The number of nitrogens with zero attached hydrogens (tertiary/aromatic N) is 5. The van der Waals surface area contributed by atoms with Crippen LogP contribution in [-0.2, 0) is 4.79 Å². The van der Waals surface area contributed by atoms with Crippen LogP contribution < -0.4 is 4.90 Å². The summed E-state index contributed by atoms with van der Waals surface area (Å²) in [6, 6.07) is 5.25. The number of para-hydroxylation sites is 1. The zero-order chi connectivity index (χ0) is 19.2. The number of hydrogen-bond donors (Lipinski definition) is 0. The van der Waals surface area contributed by atoms with Crippen molar-refractivity contribution in [2.45, 2.75) is 35.9 Å². The summed E-state index contributed by atoms with van der Waals surface area (Å²) in [5, 5.41) is 3.69. The third-order valence-electron chi connectivity index (χ3n) is 4.31. The summed E-state index contributed by atoms with van der Waals surface area (Å²) in [7, 11) is 0. The lowest BCUT2D eigenvalue weighted by molar-refractivity contribution is -0.174. The van der Waals surface area contributed by atoms with Gasteiger partial charge in [0.25, 0.3) is 0 Å². The van der Waals surface area contributed by atoms with Crippen LogP contribution in [0.5, 0.6) is 0 Å². The molecule has 1 aliphatic rings. The van der Waals surface area contributed by atoms with E-state index in [4.69, 9.17) is 0 Å². The molecule has 4 rings (SSSR count). The Hall–Kier alpha value is -2.14. The van der Waals surface area contributed by atoms with Gasteiger partial charge in [-0.2, -0.15) is 23.3 Å². The molecule has 142 valence electrons. The summed E-state index contributed by atoms with van der Waals surface area (Å²) in [5.41, 5.74) is 0.858. The molecule has 6 nitrogen and oxygen atoms in total. The molecule has 2 aromatic heterocycles. The van der Waals surface area contributed by atoms with Gasteiger partial charge in [0.1, 0.15) is 6.33 Å². The topological polar surface area (TPSA) is 63.9 Å². The summed E-state index contributed by atoms with van der Waals surface area (Å²) >= 11 is 2.75. The molecule has 0 spiro atoms. The zero-order valence-electron chi connectivity index (χ0n) is 14.1. The molecule has 11 heteroatoms. The van der Waals surface area contributed by atoms with E-state index in [1.807, 2.05) is 24.3 Å². The van der Waals surface area contributed by atoms with Crippen molar-refractivity contribution >= 4 is 45.2 Å². The Morgan fingerprint density at radius 2 is 2.15 bits per heavy atom. The Morgan fingerprint density at radius 3 is 2.89 bits per heavy atom. The van der Waals surface area contributed by atoms with Crippen LogP contribution >= 0.6 is 23.1 Å². The van der Waals surface area contributed by atoms with Crippen LogP contribution in [0.4, 0.5) is 19.1 Å². The Labute approximate surface area is 160 Å². The number of rotatable bonds is 3. The average molecular weight is 413 g/mol. The van der Waals surface area contributed by atoms with Gasteiger partial charge in [-0.25, -0.2) is 9.67 Å². The molecular weight excluding hydrogens is 399 g/mol. The summed E-state index contributed by atoms with van der Waals surface area (Å²) in [5.74, 6) is -0.319. The molecule has 1 amide bonds. The van der Waals surface area contributed by atoms with E-state index in [1.54, 1.807) is 6.92 Å². The van der Waals surface area contributed by atoms with E-state index in [1.165, 1.54) is 28.0 Å². The minimum Gasteiger partial charge on any atom is -0.277 e. The molecule has 0 radical (unpaired) electrons. The highest BCUT2D eigenvalue weighted by molar-refractivity contribution is 8.01. The third kappa shape index (κ3) is 3.41. The maximum atomic E-state index is 13.3. The van der Waals surface area contributed by atoms with Crippen molar-refractivity contribution in [1.29, 1.82) is 0 Å². The number of carbonyl (C=O) groups is 1. The highest BCUT2D eigenvalue weighted by Crippen LogP contribution is 2.40. The second kappa shape index (κ2) is 6.79. The van der Waals surface area contributed by atoms with Crippen molar-refractivity contribution in [2.75, 3.05) is 10.7 Å². The fraction of sp³-hybridized carbons (Fsp3) is 0.375. The standard InChI is InChI=1S/C16H14F3N5OS2/c1-9-6-12(16(17,18)19)24-14(20-8-21-24)23(9)13(25)7-26-15-22-10-4-2-3-5-11(10)27-15/h2-5,8-9,12H,6-7H2,1H3. The predicted octanol–water partition coefficient (Wildman–Crippen LogP) is 3.91. The number of carbonyl (C=O) groups excluding carboxylic acids is 1. The summed E-state index contributed by atoms with van der Waals surface area (Å²) in [6.07, 6.45) is -3.65. The number of amides is 1. The molecular formula is C16H14F3N5OS2. The number of fused-ring (bicyclic) bond motifs is 2. The van der Waals surface area contributed by atoms with Crippen LogP contribution in [0.15, 0.2) is 34.9 Å². The van der Waals surface area contributed by atoms with Crippen molar-refractivity contribution in [3.05, 3.63) is 30.6 Å². The molecule has 3 aromatic rings. The molecule has 2 unspecified atom stereocenters. The van der Waals surface area contributed by atoms with Gasteiger partial charge in [-0.05, 0) is 25.5 Å². The van der Waals surface area contributed by atoms with Crippen LogP contribution in [0.2, 0.25) is 0 Å². The van der Waals surface area contributed by atoms with E-state index in [9.17, 15) is 18.0 Å². The van der Waals surface area contributed by atoms with Crippen LogP contribution in [0.1, 0.15) is 19.4 Å². The summed E-state index contributed by atoms with van der Waals surface area (Å²) in [6.45, 7) is 1.59. The van der Waals surface area contributed by atoms with E-state index < -0.39 is 18.3 Å². The van der Waals surface area contributed by atoms with Gasteiger partial charge in [-0.15, -0.1) is 11.3 Å². The Bertz CT molecular complexity index is 953. The van der Waals surface area contributed by atoms with E-state index >= 15 is 0 Å². The first kappa shape index (κ1) is 18.2. The SMILES string of the molecule is CC1CC(C(F)(F)F)n2ncnc2N1C(=O)CSc1nc2ccccc2s1. The number of hydrogen-bond acceptors (Lipinski definition) is 6. The Morgan fingerprint density at radius 1 is 1.37 bits per heavy atom. The van der Waals surface area contributed by atoms with E-state index in [-0.39, 0.29) is 24.0 Å². The Kier molecular flexibility index (Phi) is 4.58. The zero-order valence-corrected chi connectivity index (χ0v) is 15.7. The van der Waals surface area contributed by atoms with Gasteiger partial charge in [0.2, 0.25) is 11.9 Å². The quantitative estimate of drug-likeness (QED) is 0.609. The maximum absolute atomic E-state index is 13.3. The monoisotopic (exact) mass is 413 g/mol. The molecule has 0 saturated heterocycles. The van der Waals surface area contributed by atoms with E-state index in [0.29, 0.717) is 0 Å². The number of halogens is 3. The second-order valence-corrected chi connectivity index (χ2v) is 8.40. The lowest BCUT2D eigenvalue weighted by Gasteiger charge is -2.37. The minimum absolute atomic E-state index is 0.0632. The lowest BCUT2D eigenvalue weighted by Crippen LogP contribution is -2.49. The smallest absolute Gasteiger partial charge is 0.277 e. The van der Waals surface area contributed by atoms with Gasteiger partial charge in [0, 0.05) is 6.04 Å². The fourth-order valence-electron chi connectivity index (χ4n) is 3.10. The first-order chi connectivity index (χ1) is 12.8. The average Bonchev–Trinajstić information content (AvgIpc) is 3.24. The van der Waals surface area contributed by atoms with Crippen molar-refractivity contribution in [3.63, 3.8) is 0 Å². The van der Waals surface area contributed by atoms with Crippen molar-refractivity contribution < 1.29 is 18.0 Å². The number of alkyl halides is 3. The van der Waals surface area contributed by atoms with Gasteiger partial charge in [-0.1, -0.05) is 23.9 Å². The van der Waals surface area contributed by atoms with Gasteiger partial charge in [-0.3, -0.25) is 9.69 Å². The van der Waals surface area contributed by atoms with Crippen LogP contribution in [0.3, 0.4) is 0 Å². The number of anilines is 1. The molecule has 1 aliphatic heterocycles. The summed E-state index contributed by atoms with van der Waals surface area (Å²) < 4.78 is 42.4.